The number of halogens is 8. The van der Waals surface area contributed by atoms with E-state index in [1.165, 1.54) is 36.4 Å². The van der Waals surface area contributed by atoms with Crippen LogP contribution in [0, 0.1) is 0 Å². The van der Waals surface area contributed by atoms with Crippen molar-refractivity contribution in [1.82, 2.24) is 0 Å². The van der Waals surface area contributed by atoms with Gasteiger partial charge in [-0.1, -0.05) is 61.9 Å². The first-order chi connectivity index (χ1) is 14.9. The lowest BCUT2D eigenvalue weighted by Crippen LogP contribution is -2.27. The third-order valence-corrected chi connectivity index (χ3v) is 10.2. The topological polar surface area (TPSA) is 43.4 Å². The van der Waals surface area contributed by atoms with E-state index in [2.05, 4.69) is 0 Å². The van der Waals surface area contributed by atoms with Crippen molar-refractivity contribution in [3.05, 3.63) is 84.9 Å². The van der Waals surface area contributed by atoms with Gasteiger partial charge in [0.15, 0.2) is 0 Å². The highest BCUT2D eigenvalue weighted by molar-refractivity contribution is 8.45. The largest absolute Gasteiger partial charge is 0.524 e. The van der Waals surface area contributed by atoms with Crippen LogP contribution in [0.4, 0.5) is 32.6 Å². The van der Waals surface area contributed by atoms with Gasteiger partial charge in [-0.2, -0.15) is 25.2 Å². The third-order valence-electron chi connectivity index (χ3n) is 4.21. The number of hydrogen-bond acceptors (Lipinski definition) is 3. The van der Waals surface area contributed by atoms with Crippen LogP contribution in [0.3, 0.4) is 0 Å². The van der Waals surface area contributed by atoms with Gasteiger partial charge in [-0.3, -0.25) is 0 Å². The summed E-state index contributed by atoms with van der Waals surface area (Å²) >= 11 is 0. The Kier molecular flexibility index (Phi) is 5.65. The van der Waals surface area contributed by atoms with Crippen LogP contribution in [0.2, 0.25) is 0 Å². The molecule has 3 aromatic rings. The van der Waals surface area contributed by atoms with Gasteiger partial charge in [-0.15, -0.1) is 0 Å². The summed E-state index contributed by atoms with van der Waals surface area (Å²) in [6.45, 7) is 0. The minimum atomic E-state index is -10.3. The van der Waals surface area contributed by atoms with Crippen molar-refractivity contribution >= 4 is 30.7 Å². The van der Waals surface area contributed by atoms with Gasteiger partial charge in [0.1, 0.15) is 4.90 Å². The van der Waals surface area contributed by atoms with Crippen molar-refractivity contribution in [1.29, 1.82) is 0 Å². The molecule has 0 radical (unpaired) electrons. The molecule has 0 aliphatic heterocycles. The Bertz CT molecular complexity index is 1220. The summed E-state index contributed by atoms with van der Waals surface area (Å²) in [6.07, 6.45) is 0. The fourth-order valence-electron chi connectivity index (χ4n) is 2.82. The molecule has 0 aliphatic carbocycles. The molecule has 0 spiro atoms. The van der Waals surface area contributed by atoms with Crippen molar-refractivity contribution < 1.29 is 44.6 Å². The third kappa shape index (κ3) is 5.13. The van der Waals surface area contributed by atoms with E-state index >= 15 is 0 Å². The average molecular weight is 539 g/mol. The number of rotatable bonds is 6. The van der Waals surface area contributed by atoms with Gasteiger partial charge in [0.2, 0.25) is 0 Å². The lowest BCUT2D eigenvalue weighted by Gasteiger charge is -2.43. The van der Waals surface area contributed by atoms with E-state index in [4.69, 9.17) is 3.63 Å². The molecule has 0 unspecified atom stereocenters. The van der Waals surface area contributed by atoms with Crippen LogP contribution in [0.25, 0.3) is 0 Å². The summed E-state index contributed by atoms with van der Waals surface area (Å²) < 4.78 is 136. The molecule has 0 fully saturated rings. The maximum Gasteiger partial charge on any atom is 0.524 e. The summed E-state index contributed by atoms with van der Waals surface area (Å²) in [5, 5.41) is 0. The molecule has 0 heterocycles. The molecule has 33 heavy (non-hydrogen) atoms. The molecule has 0 saturated heterocycles. The molecule has 3 rings (SSSR count). The standard InChI is InChI=1S/C19H14F8O3S3/c20-19(21,22)32(28,29)30-31(15-8-3-1-4-9-15,16-10-5-2-6-11-16)17-12-7-13-18(14-17)33(23,24,25,26)27/h1-14H. The fraction of sp³-hybridized carbons (Fsp3) is 0.0526. The van der Waals surface area contributed by atoms with Gasteiger partial charge >= 0.3 is 25.9 Å². The number of alkyl halides is 3. The Hall–Kier alpha value is -2.29. The van der Waals surface area contributed by atoms with Crippen molar-refractivity contribution in [2.45, 2.75) is 25.1 Å². The van der Waals surface area contributed by atoms with Crippen LogP contribution in [0.5, 0.6) is 0 Å². The van der Waals surface area contributed by atoms with Crippen molar-refractivity contribution in [2.24, 2.45) is 0 Å². The molecule has 14 heteroatoms. The fourth-order valence-corrected chi connectivity index (χ4v) is 8.36. The minimum Gasteiger partial charge on any atom is -0.200 e. The van der Waals surface area contributed by atoms with Crippen LogP contribution >= 0.6 is 20.5 Å². The highest BCUT2D eigenvalue weighted by Crippen LogP contribution is 3.02. The van der Waals surface area contributed by atoms with Gasteiger partial charge in [0, 0.05) is 14.7 Å². The molecular formula is C19H14F8O3S3. The summed E-state index contributed by atoms with van der Waals surface area (Å²) in [4.78, 5) is -3.74. The second kappa shape index (κ2) is 7.35. The Morgan fingerprint density at radius 2 is 1.06 bits per heavy atom. The van der Waals surface area contributed by atoms with Crippen LogP contribution < -0.4 is 0 Å². The van der Waals surface area contributed by atoms with Crippen molar-refractivity contribution in [3.8, 4) is 0 Å². The summed E-state index contributed by atoms with van der Waals surface area (Å²) in [5.41, 5.74) is -5.94. The Labute approximate surface area is 185 Å². The molecule has 0 amide bonds. The average Bonchev–Trinajstić information content (AvgIpc) is 2.71. The maximum absolute atomic E-state index is 13.5. The zero-order valence-electron chi connectivity index (χ0n) is 16.1. The molecule has 0 bridgehead atoms. The lowest BCUT2D eigenvalue weighted by atomic mass is 10.4. The number of hydrogen-bond donors (Lipinski definition) is 0. The summed E-state index contributed by atoms with van der Waals surface area (Å²) in [5.74, 6) is 0. The van der Waals surface area contributed by atoms with Crippen LogP contribution in [-0.2, 0) is 13.7 Å². The summed E-state index contributed by atoms with van der Waals surface area (Å²) in [6, 6.07) is 13.9. The van der Waals surface area contributed by atoms with Crippen molar-refractivity contribution in [3.63, 3.8) is 0 Å². The second-order valence-corrected chi connectivity index (χ2v) is 13.4. The van der Waals surface area contributed by atoms with Gasteiger partial charge in [-0.25, -0.2) is 0 Å². The van der Waals surface area contributed by atoms with E-state index in [1.54, 1.807) is 0 Å². The van der Waals surface area contributed by atoms with Crippen LogP contribution in [0.1, 0.15) is 0 Å². The smallest absolute Gasteiger partial charge is 0.200 e. The molecule has 0 N–H and O–H groups in total. The molecule has 0 aliphatic rings. The van der Waals surface area contributed by atoms with Gasteiger partial charge < -0.3 is 0 Å². The molecule has 0 atom stereocenters. The zero-order chi connectivity index (χ0) is 24.8. The quantitative estimate of drug-likeness (QED) is 0.234. The van der Waals surface area contributed by atoms with E-state index < -0.39 is 46.0 Å². The second-order valence-electron chi connectivity index (χ2n) is 6.59. The van der Waals surface area contributed by atoms with Crippen LogP contribution in [0.15, 0.2) is 105 Å². The predicted octanol–water partition coefficient (Wildman–Crippen LogP) is 8.41. The molecule has 0 saturated carbocycles. The SMILES string of the molecule is O=S(=O)(OS(c1ccccc1)(c1ccccc1)c1cccc(S(F)(F)(F)(F)F)c1)C(F)(F)F. The molecule has 3 aromatic carbocycles. The monoisotopic (exact) mass is 538 g/mol. The first kappa shape index (κ1) is 25.3. The highest BCUT2D eigenvalue weighted by atomic mass is 32.5. The van der Waals surface area contributed by atoms with E-state index in [1.807, 2.05) is 0 Å². The Morgan fingerprint density at radius 3 is 1.45 bits per heavy atom. The number of benzene rings is 3. The minimum absolute atomic E-state index is 0.0590. The highest BCUT2D eigenvalue weighted by Gasteiger charge is 2.65. The van der Waals surface area contributed by atoms with E-state index in [0.717, 1.165) is 30.3 Å². The van der Waals surface area contributed by atoms with E-state index in [9.17, 15) is 41.0 Å². The Morgan fingerprint density at radius 1 is 0.636 bits per heavy atom. The Balaban J connectivity index is 2.47. The van der Waals surface area contributed by atoms with Gasteiger partial charge in [-0.05, 0) is 52.8 Å². The normalized spacial score (nSPS) is 16.0. The van der Waals surface area contributed by atoms with E-state index in [0.29, 0.717) is 6.07 Å². The molecular weight excluding hydrogens is 524 g/mol. The van der Waals surface area contributed by atoms with Gasteiger partial charge in [0.25, 0.3) is 0 Å². The van der Waals surface area contributed by atoms with Crippen molar-refractivity contribution in [2.75, 3.05) is 0 Å². The van der Waals surface area contributed by atoms with E-state index in [-0.39, 0.29) is 21.9 Å². The molecule has 3 nitrogen and oxygen atoms in total. The lowest BCUT2D eigenvalue weighted by molar-refractivity contribution is -0.0496. The molecule has 0 aromatic heterocycles. The molecule has 182 valence electrons. The predicted molar refractivity (Wildman–Crippen MR) is 109 cm³/mol. The zero-order valence-corrected chi connectivity index (χ0v) is 18.5. The van der Waals surface area contributed by atoms with Crippen LogP contribution in [-0.4, -0.2) is 13.9 Å². The first-order valence-corrected chi connectivity index (χ1v) is 13.6. The summed E-state index contributed by atoms with van der Waals surface area (Å²) in [7, 11) is -20.8. The van der Waals surface area contributed by atoms with Gasteiger partial charge in [0.05, 0.1) is 0 Å². The first-order valence-electron chi connectivity index (χ1n) is 8.67. The maximum atomic E-state index is 13.5.